The molecule has 1 aromatic carbocycles. The maximum Gasteiger partial charge on any atom is 0.416 e. The van der Waals surface area contributed by atoms with Crippen molar-refractivity contribution >= 4 is 0 Å². The Kier molecular flexibility index (Phi) is 4.94. The molecule has 0 heterocycles. The summed E-state index contributed by atoms with van der Waals surface area (Å²) in [6, 6.07) is 3.60. The van der Waals surface area contributed by atoms with Crippen LogP contribution in [0.25, 0.3) is 0 Å². The Morgan fingerprint density at radius 1 is 1.14 bits per heavy atom. The Morgan fingerprint density at radius 3 is 2.24 bits per heavy atom. The number of methoxy groups -OCH3 is 1. The predicted octanol–water partition coefficient (Wildman–Crippen LogP) is 4.39. The van der Waals surface area contributed by atoms with Crippen LogP contribution in [-0.4, -0.2) is 12.2 Å². The maximum atomic E-state index is 12.8. The number of ether oxygens (including phenoxy) is 1. The second kappa shape index (κ2) is 6.36. The molecule has 0 bridgehead atoms. The number of rotatable bonds is 3. The van der Waals surface area contributed by atoms with E-state index in [1.165, 1.54) is 6.07 Å². The summed E-state index contributed by atoms with van der Waals surface area (Å²) in [7, 11) is 1.60. The quantitative estimate of drug-likeness (QED) is 0.839. The van der Waals surface area contributed by atoms with Gasteiger partial charge in [0.2, 0.25) is 0 Å². The van der Waals surface area contributed by atoms with E-state index >= 15 is 0 Å². The number of benzene rings is 1. The first-order valence-corrected chi connectivity index (χ1v) is 7.29. The molecule has 0 aromatic heterocycles. The molecule has 0 amide bonds. The lowest BCUT2D eigenvalue weighted by Gasteiger charge is -2.34. The van der Waals surface area contributed by atoms with Crippen molar-refractivity contribution in [3.8, 4) is 0 Å². The smallest absolute Gasteiger partial charge is 0.392 e. The van der Waals surface area contributed by atoms with Gasteiger partial charge in [0.25, 0.3) is 0 Å². The van der Waals surface area contributed by atoms with Crippen LogP contribution in [0.15, 0.2) is 18.2 Å². The first kappa shape index (κ1) is 16.3. The van der Waals surface area contributed by atoms with Crippen LogP contribution in [0, 0.1) is 0 Å². The molecule has 21 heavy (non-hydrogen) atoms. The Labute approximate surface area is 122 Å². The topological polar surface area (TPSA) is 29.5 Å². The number of hydrogen-bond donors (Lipinski definition) is 1. The molecule has 118 valence electrons. The lowest BCUT2D eigenvalue weighted by molar-refractivity contribution is -0.137. The Bertz CT molecular complexity index is 475. The highest BCUT2D eigenvalue weighted by molar-refractivity contribution is 5.37. The maximum absolute atomic E-state index is 12.8. The van der Waals surface area contributed by atoms with Gasteiger partial charge in [0.1, 0.15) is 0 Å². The zero-order valence-electron chi connectivity index (χ0n) is 12.2. The fraction of sp³-hybridized carbons (Fsp3) is 0.625. The summed E-state index contributed by atoms with van der Waals surface area (Å²) in [6.45, 7) is -0.412. The monoisotopic (exact) mass is 302 g/mol. The molecule has 0 saturated heterocycles. The van der Waals surface area contributed by atoms with Gasteiger partial charge in [-0.25, -0.2) is 0 Å². The zero-order chi connectivity index (χ0) is 15.5. The first-order chi connectivity index (χ1) is 9.93. The van der Waals surface area contributed by atoms with Crippen LogP contribution in [0.5, 0.6) is 0 Å². The van der Waals surface area contributed by atoms with Gasteiger partial charge in [-0.15, -0.1) is 0 Å². The van der Waals surface area contributed by atoms with Crippen molar-refractivity contribution in [2.75, 3.05) is 7.11 Å². The van der Waals surface area contributed by atoms with Crippen LogP contribution >= 0.6 is 0 Å². The third kappa shape index (κ3) is 3.40. The summed E-state index contributed by atoms with van der Waals surface area (Å²) >= 11 is 0. The van der Waals surface area contributed by atoms with E-state index < -0.39 is 23.9 Å². The van der Waals surface area contributed by atoms with Crippen LogP contribution in [0.4, 0.5) is 13.2 Å². The minimum Gasteiger partial charge on any atom is -0.392 e. The van der Waals surface area contributed by atoms with Gasteiger partial charge >= 0.3 is 6.18 Å². The Balaban J connectivity index is 2.45. The van der Waals surface area contributed by atoms with E-state index in [-0.39, 0.29) is 0 Å². The third-order valence-electron chi connectivity index (χ3n) is 4.40. The minimum atomic E-state index is -4.40. The molecule has 1 aliphatic carbocycles. The highest BCUT2D eigenvalue weighted by atomic mass is 19.4. The molecule has 1 N–H and O–H groups in total. The van der Waals surface area contributed by atoms with Gasteiger partial charge in [-0.05, 0) is 36.1 Å². The van der Waals surface area contributed by atoms with Crippen LogP contribution < -0.4 is 0 Å². The molecule has 2 rings (SSSR count). The summed E-state index contributed by atoms with van der Waals surface area (Å²) < 4.78 is 44.1. The summed E-state index contributed by atoms with van der Waals surface area (Å²) in [6.07, 6.45) is 1.36. The molecule has 0 atom stereocenters. The van der Waals surface area contributed by atoms with Crippen molar-refractivity contribution in [3.05, 3.63) is 34.9 Å². The van der Waals surface area contributed by atoms with Crippen molar-refractivity contribution in [2.24, 2.45) is 0 Å². The highest BCUT2D eigenvalue weighted by Crippen LogP contribution is 2.42. The predicted molar refractivity (Wildman–Crippen MR) is 73.8 cm³/mol. The lowest BCUT2D eigenvalue weighted by atomic mass is 9.83. The second-order valence-electron chi connectivity index (χ2n) is 5.64. The normalized spacial score (nSPS) is 19.3. The van der Waals surface area contributed by atoms with Crippen molar-refractivity contribution in [1.29, 1.82) is 0 Å². The molecule has 1 aromatic rings. The van der Waals surface area contributed by atoms with E-state index in [4.69, 9.17) is 4.74 Å². The fourth-order valence-corrected chi connectivity index (χ4v) is 3.23. The van der Waals surface area contributed by atoms with E-state index in [1.54, 1.807) is 7.11 Å². The van der Waals surface area contributed by atoms with Crippen molar-refractivity contribution in [3.63, 3.8) is 0 Å². The van der Waals surface area contributed by atoms with Gasteiger partial charge in [0.15, 0.2) is 0 Å². The molecule has 1 saturated carbocycles. The standard InChI is InChI=1S/C16H21F3O2/c1-21-15(8-4-2-3-5-9-15)14-7-6-13(16(17,18)19)10-12(14)11-20/h6-7,10,20H,2-5,8-9,11H2,1H3. The molecule has 5 heteroatoms. The van der Waals surface area contributed by atoms with Gasteiger partial charge in [0, 0.05) is 7.11 Å². The van der Waals surface area contributed by atoms with E-state index in [9.17, 15) is 18.3 Å². The van der Waals surface area contributed by atoms with Gasteiger partial charge in [-0.3, -0.25) is 0 Å². The number of aliphatic hydroxyl groups excluding tert-OH is 1. The molecule has 1 fully saturated rings. The average molecular weight is 302 g/mol. The highest BCUT2D eigenvalue weighted by Gasteiger charge is 2.37. The summed E-state index contributed by atoms with van der Waals surface area (Å²) in [4.78, 5) is 0. The SMILES string of the molecule is COC1(c2ccc(C(F)(F)F)cc2CO)CCCCCC1. The molecule has 0 aliphatic heterocycles. The fourth-order valence-electron chi connectivity index (χ4n) is 3.23. The average Bonchev–Trinajstić information content (AvgIpc) is 2.72. The van der Waals surface area contributed by atoms with Crippen molar-refractivity contribution < 1.29 is 23.0 Å². The zero-order valence-corrected chi connectivity index (χ0v) is 12.2. The summed E-state index contributed by atoms with van der Waals surface area (Å²) in [5.41, 5.74) is -0.287. The molecule has 0 spiro atoms. The van der Waals surface area contributed by atoms with E-state index in [1.807, 2.05) is 0 Å². The molecule has 0 unspecified atom stereocenters. The van der Waals surface area contributed by atoms with Crippen LogP contribution in [-0.2, 0) is 23.1 Å². The van der Waals surface area contributed by atoms with Gasteiger partial charge in [0.05, 0.1) is 17.8 Å². The molecular formula is C16H21F3O2. The molecular weight excluding hydrogens is 281 g/mol. The third-order valence-corrected chi connectivity index (χ3v) is 4.40. The molecule has 1 aliphatic rings. The van der Waals surface area contributed by atoms with E-state index in [0.717, 1.165) is 50.7 Å². The number of hydrogen-bond acceptors (Lipinski definition) is 2. The van der Waals surface area contributed by atoms with E-state index in [2.05, 4.69) is 0 Å². The minimum absolute atomic E-state index is 0.313. The van der Waals surface area contributed by atoms with Gasteiger partial charge < -0.3 is 9.84 Å². The van der Waals surface area contributed by atoms with Crippen molar-refractivity contribution in [1.82, 2.24) is 0 Å². The molecule has 0 radical (unpaired) electrons. The Morgan fingerprint density at radius 2 is 1.76 bits per heavy atom. The largest absolute Gasteiger partial charge is 0.416 e. The summed E-state index contributed by atoms with van der Waals surface area (Å²) in [5, 5.41) is 9.50. The second-order valence-corrected chi connectivity index (χ2v) is 5.64. The number of alkyl halides is 3. The molecule has 2 nitrogen and oxygen atoms in total. The number of halogens is 3. The summed E-state index contributed by atoms with van der Waals surface area (Å²) in [5.74, 6) is 0. The van der Waals surface area contributed by atoms with E-state index in [0.29, 0.717) is 11.1 Å². The van der Waals surface area contributed by atoms with Gasteiger partial charge in [-0.2, -0.15) is 13.2 Å². The van der Waals surface area contributed by atoms with Crippen LogP contribution in [0.3, 0.4) is 0 Å². The van der Waals surface area contributed by atoms with Gasteiger partial charge in [-0.1, -0.05) is 31.7 Å². The Hall–Kier alpha value is -1.07. The lowest BCUT2D eigenvalue weighted by Crippen LogP contribution is -2.29. The van der Waals surface area contributed by atoms with Crippen LogP contribution in [0.2, 0.25) is 0 Å². The van der Waals surface area contributed by atoms with Crippen molar-refractivity contribution in [2.45, 2.75) is 56.9 Å². The first-order valence-electron chi connectivity index (χ1n) is 7.29. The van der Waals surface area contributed by atoms with Crippen LogP contribution in [0.1, 0.15) is 55.2 Å². The number of aliphatic hydroxyl groups is 1.